The Balaban J connectivity index is 1.73. The summed E-state index contributed by atoms with van der Waals surface area (Å²) in [5.41, 5.74) is 2.98. The van der Waals surface area contributed by atoms with Gasteiger partial charge in [0.15, 0.2) is 0 Å². The minimum atomic E-state index is 0.415. The van der Waals surface area contributed by atoms with Crippen molar-refractivity contribution in [2.75, 3.05) is 13.1 Å². The summed E-state index contributed by atoms with van der Waals surface area (Å²) in [6.07, 6.45) is 5.79. The molecular weight excluding hydrogens is 336 g/mol. The van der Waals surface area contributed by atoms with Crippen LogP contribution in [0.25, 0.3) is 10.6 Å². The highest BCUT2D eigenvalue weighted by Crippen LogP contribution is 2.36. The standard InChI is InChI=1S/C23H34N2S/c1-6-17(2)20-10-7-13-24-22(20)21-12-11-19(26-21)16-25-14-8-9-18(15-25)23(3,4)5/h7,10-13,17-18H,6,8-9,14-16H2,1-5H3. The topological polar surface area (TPSA) is 16.1 Å². The second-order valence-corrected chi connectivity index (χ2v) is 10.1. The van der Waals surface area contributed by atoms with Gasteiger partial charge in [0.05, 0.1) is 10.6 Å². The van der Waals surface area contributed by atoms with Gasteiger partial charge in [-0.2, -0.15) is 0 Å². The summed E-state index contributed by atoms with van der Waals surface area (Å²) < 4.78 is 0. The molecule has 0 amide bonds. The molecule has 0 saturated carbocycles. The summed E-state index contributed by atoms with van der Waals surface area (Å²) in [6, 6.07) is 8.91. The van der Waals surface area contributed by atoms with Crippen LogP contribution in [0, 0.1) is 11.3 Å². The number of likely N-dealkylation sites (tertiary alicyclic amines) is 1. The van der Waals surface area contributed by atoms with Gasteiger partial charge in [0.2, 0.25) is 0 Å². The molecule has 2 unspecified atom stereocenters. The maximum Gasteiger partial charge on any atom is 0.0836 e. The lowest BCUT2D eigenvalue weighted by molar-refractivity contribution is 0.0950. The van der Waals surface area contributed by atoms with Gasteiger partial charge in [0.25, 0.3) is 0 Å². The Morgan fingerprint density at radius 3 is 2.81 bits per heavy atom. The number of piperidine rings is 1. The first-order valence-corrected chi connectivity index (χ1v) is 11.0. The highest BCUT2D eigenvalue weighted by molar-refractivity contribution is 7.15. The first kappa shape index (κ1) is 19.6. The fourth-order valence-corrected chi connectivity index (χ4v) is 5.03. The van der Waals surface area contributed by atoms with E-state index in [2.05, 4.69) is 63.8 Å². The van der Waals surface area contributed by atoms with Crippen molar-refractivity contribution in [3.05, 3.63) is 40.9 Å². The number of hydrogen-bond donors (Lipinski definition) is 0. The number of nitrogens with zero attached hydrogens (tertiary/aromatic N) is 2. The van der Waals surface area contributed by atoms with Crippen molar-refractivity contribution in [3.8, 4) is 10.6 Å². The van der Waals surface area contributed by atoms with Crippen molar-refractivity contribution in [2.24, 2.45) is 11.3 Å². The van der Waals surface area contributed by atoms with Gasteiger partial charge in [0, 0.05) is 24.2 Å². The van der Waals surface area contributed by atoms with Gasteiger partial charge < -0.3 is 0 Å². The van der Waals surface area contributed by atoms with Crippen LogP contribution < -0.4 is 0 Å². The van der Waals surface area contributed by atoms with Crippen LogP contribution in [0.4, 0.5) is 0 Å². The van der Waals surface area contributed by atoms with Crippen LogP contribution in [0.15, 0.2) is 30.5 Å². The summed E-state index contributed by atoms with van der Waals surface area (Å²) in [6.45, 7) is 15.3. The molecule has 2 atom stereocenters. The Kier molecular flexibility index (Phi) is 6.19. The molecule has 142 valence electrons. The average Bonchev–Trinajstić information content (AvgIpc) is 3.09. The molecule has 2 aromatic rings. The fraction of sp³-hybridized carbons (Fsp3) is 0.609. The Labute approximate surface area is 163 Å². The van der Waals surface area contributed by atoms with Crippen molar-refractivity contribution in [1.29, 1.82) is 0 Å². The molecule has 3 heterocycles. The van der Waals surface area contributed by atoms with Crippen molar-refractivity contribution in [2.45, 2.75) is 66.3 Å². The van der Waals surface area contributed by atoms with Crippen molar-refractivity contribution in [3.63, 3.8) is 0 Å². The lowest BCUT2D eigenvalue weighted by Crippen LogP contribution is -2.39. The third-order valence-electron chi connectivity index (χ3n) is 5.99. The molecule has 0 spiro atoms. The third-order valence-corrected chi connectivity index (χ3v) is 7.06. The largest absolute Gasteiger partial charge is 0.298 e. The predicted octanol–water partition coefficient (Wildman–Crippen LogP) is 6.58. The van der Waals surface area contributed by atoms with Gasteiger partial charge in [-0.1, -0.05) is 40.7 Å². The molecule has 26 heavy (non-hydrogen) atoms. The van der Waals surface area contributed by atoms with E-state index in [-0.39, 0.29) is 0 Å². The molecule has 3 rings (SSSR count). The van der Waals surface area contributed by atoms with Crippen LogP contribution in [0.1, 0.15) is 70.2 Å². The molecule has 2 aromatic heterocycles. The Hall–Kier alpha value is -1.19. The smallest absolute Gasteiger partial charge is 0.0836 e. The lowest BCUT2D eigenvalue weighted by atomic mass is 9.76. The van der Waals surface area contributed by atoms with E-state index in [0.29, 0.717) is 11.3 Å². The highest BCUT2D eigenvalue weighted by Gasteiger charge is 2.29. The molecule has 1 saturated heterocycles. The zero-order valence-corrected chi connectivity index (χ0v) is 17.9. The maximum atomic E-state index is 4.72. The molecule has 0 aliphatic carbocycles. The normalized spacial score (nSPS) is 20.3. The average molecular weight is 371 g/mol. The molecule has 1 fully saturated rings. The van der Waals surface area contributed by atoms with Crippen molar-refractivity contribution >= 4 is 11.3 Å². The Morgan fingerprint density at radius 1 is 1.27 bits per heavy atom. The van der Waals surface area contributed by atoms with Crippen LogP contribution in [0.2, 0.25) is 0 Å². The number of rotatable bonds is 5. The molecule has 1 aliphatic rings. The van der Waals surface area contributed by atoms with Crippen molar-refractivity contribution in [1.82, 2.24) is 9.88 Å². The van der Waals surface area contributed by atoms with Gasteiger partial charge in [-0.3, -0.25) is 9.88 Å². The van der Waals surface area contributed by atoms with Crippen LogP contribution in [0.5, 0.6) is 0 Å². The predicted molar refractivity (Wildman–Crippen MR) is 114 cm³/mol. The van der Waals surface area contributed by atoms with Crippen LogP contribution in [0.3, 0.4) is 0 Å². The van der Waals surface area contributed by atoms with Gasteiger partial charge in [-0.15, -0.1) is 11.3 Å². The molecule has 0 aromatic carbocycles. The fourth-order valence-electron chi connectivity index (χ4n) is 3.96. The van der Waals surface area contributed by atoms with E-state index in [1.54, 1.807) is 0 Å². The van der Waals surface area contributed by atoms with Crippen LogP contribution in [-0.2, 0) is 6.54 Å². The maximum absolute atomic E-state index is 4.72. The van der Waals surface area contributed by atoms with Crippen LogP contribution >= 0.6 is 11.3 Å². The monoisotopic (exact) mass is 370 g/mol. The first-order chi connectivity index (χ1) is 12.4. The second-order valence-electron chi connectivity index (χ2n) is 8.96. The van der Waals surface area contributed by atoms with E-state index in [1.807, 2.05) is 17.5 Å². The molecule has 0 bridgehead atoms. The van der Waals surface area contributed by atoms with Crippen LogP contribution in [-0.4, -0.2) is 23.0 Å². The molecule has 1 aliphatic heterocycles. The second kappa shape index (κ2) is 8.22. The van der Waals surface area contributed by atoms with Gasteiger partial charge in [-0.25, -0.2) is 0 Å². The number of thiophene rings is 1. The number of aromatic nitrogens is 1. The zero-order chi connectivity index (χ0) is 18.7. The van der Waals surface area contributed by atoms with Crippen molar-refractivity contribution < 1.29 is 0 Å². The van der Waals surface area contributed by atoms with E-state index >= 15 is 0 Å². The SMILES string of the molecule is CCC(C)c1cccnc1-c1ccc(CN2CCCC(C(C)(C)C)C2)s1. The summed E-state index contributed by atoms with van der Waals surface area (Å²) in [5, 5.41) is 0. The summed E-state index contributed by atoms with van der Waals surface area (Å²) in [5.74, 6) is 1.36. The van der Waals surface area contributed by atoms with E-state index in [9.17, 15) is 0 Å². The summed E-state index contributed by atoms with van der Waals surface area (Å²) >= 11 is 1.93. The van der Waals surface area contributed by atoms with E-state index < -0.39 is 0 Å². The van der Waals surface area contributed by atoms with E-state index in [0.717, 1.165) is 18.9 Å². The minimum absolute atomic E-state index is 0.415. The summed E-state index contributed by atoms with van der Waals surface area (Å²) in [4.78, 5) is 10.2. The Morgan fingerprint density at radius 2 is 2.08 bits per heavy atom. The van der Waals surface area contributed by atoms with Gasteiger partial charge >= 0.3 is 0 Å². The molecule has 0 radical (unpaired) electrons. The summed E-state index contributed by atoms with van der Waals surface area (Å²) in [7, 11) is 0. The first-order valence-electron chi connectivity index (χ1n) is 10.1. The van der Waals surface area contributed by atoms with E-state index in [1.165, 1.54) is 46.9 Å². The highest BCUT2D eigenvalue weighted by atomic mass is 32.1. The van der Waals surface area contributed by atoms with E-state index in [4.69, 9.17) is 4.98 Å². The quantitative estimate of drug-likeness (QED) is 0.591. The van der Waals surface area contributed by atoms with Gasteiger partial charge in [-0.05, 0) is 66.8 Å². The molecule has 2 nitrogen and oxygen atoms in total. The molecule has 0 N–H and O–H groups in total. The molecule has 3 heteroatoms. The zero-order valence-electron chi connectivity index (χ0n) is 17.1. The number of hydrogen-bond acceptors (Lipinski definition) is 3. The number of pyridine rings is 1. The Bertz CT molecular complexity index is 713. The minimum Gasteiger partial charge on any atom is -0.298 e. The molecular formula is C23H34N2S. The lowest BCUT2D eigenvalue weighted by Gasteiger charge is -2.39. The third kappa shape index (κ3) is 4.55. The van der Waals surface area contributed by atoms with Gasteiger partial charge in [0.1, 0.15) is 0 Å².